The molecule has 2 amide bonds. The number of aliphatic hydroxyl groups is 1. The van der Waals surface area contributed by atoms with Crippen molar-refractivity contribution in [3.8, 4) is 0 Å². The van der Waals surface area contributed by atoms with Crippen LogP contribution in [-0.4, -0.2) is 56.8 Å². The summed E-state index contributed by atoms with van der Waals surface area (Å²) >= 11 is 0. The number of hydrogen-bond acceptors (Lipinski definition) is 2. The number of urea groups is 1. The first kappa shape index (κ1) is 22.1. The van der Waals surface area contributed by atoms with Gasteiger partial charge < -0.3 is 19.5 Å². The molecule has 2 aromatic carbocycles. The number of nitrogens with zero attached hydrogens (tertiary/aromatic N) is 3. The van der Waals surface area contributed by atoms with Crippen molar-refractivity contribution < 1.29 is 18.7 Å². The second-order valence-corrected chi connectivity index (χ2v) is 9.95. The number of aromatic nitrogens is 1. The Morgan fingerprint density at radius 1 is 0.909 bits per heavy atom. The third kappa shape index (κ3) is 4.31. The molecule has 1 N–H and O–H groups in total. The summed E-state index contributed by atoms with van der Waals surface area (Å²) in [5.41, 5.74) is 0.240. The van der Waals surface area contributed by atoms with E-state index in [2.05, 4.69) is 0 Å². The van der Waals surface area contributed by atoms with Gasteiger partial charge in [0.2, 0.25) is 0 Å². The van der Waals surface area contributed by atoms with E-state index in [4.69, 9.17) is 0 Å². The molecule has 3 aromatic rings. The minimum Gasteiger partial charge on any atom is -0.386 e. The summed E-state index contributed by atoms with van der Waals surface area (Å²) < 4.78 is 29.8. The number of rotatable bonds is 5. The number of carbonyl (C=O) groups excluding carboxylic acids is 1. The molecule has 2 heterocycles. The van der Waals surface area contributed by atoms with Gasteiger partial charge in [0.1, 0.15) is 11.6 Å². The lowest BCUT2D eigenvalue weighted by molar-refractivity contribution is 0.00166. The van der Waals surface area contributed by atoms with Gasteiger partial charge in [0.25, 0.3) is 0 Å². The summed E-state index contributed by atoms with van der Waals surface area (Å²) in [7, 11) is 0. The van der Waals surface area contributed by atoms with Crippen LogP contribution in [0.1, 0.15) is 45.4 Å². The van der Waals surface area contributed by atoms with Crippen LogP contribution in [0.4, 0.5) is 13.6 Å². The molecule has 176 valence electrons. The second kappa shape index (κ2) is 8.60. The van der Waals surface area contributed by atoms with Gasteiger partial charge >= 0.3 is 6.03 Å². The molecule has 1 saturated heterocycles. The van der Waals surface area contributed by atoms with E-state index in [1.165, 1.54) is 43.5 Å². The van der Waals surface area contributed by atoms with Crippen LogP contribution in [-0.2, 0) is 6.54 Å². The molecule has 1 unspecified atom stereocenters. The summed E-state index contributed by atoms with van der Waals surface area (Å²) in [6.45, 7) is 3.55. The van der Waals surface area contributed by atoms with Gasteiger partial charge in [0, 0.05) is 40.9 Å². The van der Waals surface area contributed by atoms with E-state index in [-0.39, 0.29) is 30.8 Å². The van der Waals surface area contributed by atoms with Crippen LogP contribution in [0.25, 0.3) is 21.8 Å². The molecule has 0 spiro atoms. The summed E-state index contributed by atoms with van der Waals surface area (Å²) in [5.74, 6) is -0.779. The predicted octanol–water partition coefficient (Wildman–Crippen LogP) is 5.28. The number of halogens is 2. The Morgan fingerprint density at radius 2 is 1.52 bits per heavy atom. The van der Waals surface area contributed by atoms with Crippen LogP contribution in [0, 0.1) is 11.6 Å². The third-order valence-corrected chi connectivity index (χ3v) is 7.18. The molecule has 0 bridgehead atoms. The fourth-order valence-corrected chi connectivity index (χ4v) is 5.70. The number of benzene rings is 2. The fraction of sp³-hybridized carbons (Fsp3) is 0.500. The van der Waals surface area contributed by atoms with Crippen LogP contribution in [0.5, 0.6) is 0 Å². The molecule has 1 aliphatic heterocycles. The summed E-state index contributed by atoms with van der Waals surface area (Å²) in [5, 5.41) is 12.6. The molecule has 5 nitrogen and oxygen atoms in total. The lowest BCUT2D eigenvalue weighted by atomic mass is 9.93. The molecule has 2 fully saturated rings. The Morgan fingerprint density at radius 3 is 2.12 bits per heavy atom. The highest BCUT2D eigenvalue weighted by Gasteiger charge is 2.35. The zero-order valence-corrected chi connectivity index (χ0v) is 19.1. The standard InChI is InChI=1S/C26H31F2N3O2/c1-26(33,16-29-12-5-13-30(25(29)32)20-6-3-2-4-7-20)17-31-23-10-8-18(27)14-21(23)22-15-19(28)9-11-24(22)31/h8-11,14-15,20,33H,2-7,12-13,16-17H2,1H3. The maximum Gasteiger partial charge on any atom is 0.320 e. The molecule has 0 radical (unpaired) electrons. The average Bonchev–Trinajstić information content (AvgIpc) is 3.07. The van der Waals surface area contributed by atoms with Gasteiger partial charge in [-0.1, -0.05) is 19.3 Å². The first-order valence-electron chi connectivity index (χ1n) is 12.0. The molecule has 1 aromatic heterocycles. The summed E-state index contributed by atoms with van der Waals surface area (Å²) in [6, 6.07) is 9.20. The topological polar surface area (TPSA) is 48.7 Å². The van der Waals surface area contributed by atoms with Gasteiger partial charge in [0.05, 0.1) is 18.7 Å². The fourth-order valence-electron chi connectivity index (χ4n) is 5.70. The van der Waals surface area contributed by atoms with Gasteiger partial charge in [-0.25, -0.2) is 13.6 Å². The highest BCUT2D eigenvalue weighted by atomic mass is 19.1. The van der Waals surface area contributed by atoms with Crippen LogP contribution in [0.3, 0.4) is 0 Å². The van der Waals surface area contributed by atoms with Gasteiger partial charge in [-0.3, -0.25) is 0 Å². The van der Waals surface area contributed by atoms with Gasteiger partial charge in [0.15, 0.2) is 0 Å². The molecule has 33 heavy (non-hydrogen) atoms. The highest BCUT2D eigenvalue weighted by Crippen LogP contribution is 2.32. The van der Waals surface area contributed by atoms with Gasteiger partial charge in [-0.05, 0) is 62.6 Å². The Bertz CT molecular complexity index is 1120. The van der Waals surface area contributed by atoms with E-state index in [0.29, 0.717) is 23.4 Å². The highest BCUT2D eigenvalue weighted by molar-refractivity contribution is 6.08. The van der Waals surface area contributed by atoms with Gasteiger partial charge in [-0.2, -0.15) is 0 Å². The second-order valence-electron chi connectivity index (χ2n) is 9.95. The number of carbonyl (C=O) groups is 1. The van der Waals surface area contributed by atoms with E-state index in [0.717, 1.165) is 36.8 Å². The monoisotopic (exact) mass is 455 g/mol. The quantitative estimate of drug-likeness (QED) is 0.569. The summed E-state index contributed by atoms with van der Waals surface area (Å²) in [4.78, 5) is 17.0. The van der Waals surface area contributed by atoms with Crippen molar-refractivity contribution in [2.24, 2.45) is 0 Å². The molecule has 7 heteroatoms. The Labute approximate surface area is 192 Å². The zero-order chi connectivity index (χ0) is 23.2. The van der Waals surface area contributed by atoms with E-state index in [1.807, 2.05) is 9.47 Å². The average molecular weight is 456 g/mol. The Balaban J connectivity index is 1.41. The molecular weight excluding hydrogens is 424 g/mol. The largest absolute Gasteiger partial charge is 0.386 e. The first-order chi connectivity index (χ1) is 15.8. The number of amides is 2. The molecule has 1 aliphatic carbocycles. The maximum absolute atomic E-state index is 14.0. The molecule has 1 atom stereocenters. The summed E-state index contributed by atoms with van der Waals surface area (Å²) in [6.07, 6.45) is 6.59. The van der Waals surface area contributed by atoms with Crippen molar-refractivity contribution in [3.05, 3.63) is 48.0 Å². The van der Waals surface area contributed by atoms with Crippen molar-refractivity contribution in [2.75, 3.05) is 19.6 Å². The number of fused-ring (bicyclic) bond motifs is 3. The molecule has 5 rings (SSSR count). The van der Waals surface area contributed by atoms with Crippen LogP contribution in [0.15, 0.2) is 36.4 Å². The van der Waals surface area contributed by atoms with Crippen molar-refractivity contribution in [1.29, 1.82) is 0 Å². The minimum absolute atomic E-state index is 0.0137. The number of hydrogen-bond donors (Lipinski definition) is 1. The predicted molar refractivity (Wildman–Crippen MR) is 125 cm³/mol. The van der Waals surface area contributed by atoms with Crippen LogP contribution < -0.4 is 0 Å². The van der Waals surface area contributed by atoms with E-state index < -0.39 is 5.60 Å². The van der Waals surface area contributed by atoms with E-state index >= 15 is 0 Å². The van der Waals surface area contributed by atoms with Crippen molar-refractivity contribution in [1.82, 2.24) is 14.4 Å². The van der Waals surface area contributed by atoms with E-state index in [9.17, 15) is 18.7 Å². The lowest BCUT2D eigenvalue weighted by Gasteiger charge is -2.43. The number of β-amino-alcohol motifs (C(OH)–C–C–N with tert-alkyl or cyclic N) is 1. The maximum atomic E-state index is 14.0. The lowest BCUT2D eigenvalue weighted by Crippen LogP contribution is -2.57. The molecule has 2 aliphatic rings. The third-order valence-electron chi connectivity index (χ3n) is 7.18. The normalized spacial score (nSPS) is 20.1. The Kier molecular flexibility index (Phi) is 5.77. The van der Waals surface area contributed by atoms with Crippen molar-refractivity contribution in [2.45, 2.75) is 63.6 Å². The molecule has 1 saturated carbocycles. The first-order valence-corrected chi connectivity index (χ1v) is 12.0. The van der Waals surface area contributed by atoms with Crippen LogP contribution in [0.2, 0.25) is 0 Å². The van der Waals surface area contributed by atoms with Crippen molar-refractivity contribution in [3.63, 3.8) is 0 Å². The van der Waals surface area contributed by atoms with Crippen molar-refractivity contribution >= 4 is 27.8 Å². The van der Waals surface area contributed by atoms with E-state index in [1.54, 1.807) is 24.0 Å². The minimum atomic E-state index is -1.22. The Hall–Kier alpha value is -2.67. The molecular formula is C26H31F2N3O2. The zero-order valence-electron chi connectivity index (χ0n) is 19.1. The van der Waals surface area contributed by atoms with Gasteiger partial charge in [-0.15, -0.1) is 0 Å². The smallest absolute Gasteiger partial charge is 0.320 e. The SMILES string of the molecule is CC(O)(CN1CCCN(C2CCCCC2)C1=O)Cn1c2ccc(F)cc2c2cc(F)ccc21. The van der Waals surface area contributed by atoms with Crippen LogP contribution >= 0.6 is 0 Å².